The molecule has 14 heavy (non-hydrogen) atoms. The van der Waals surface area contributed by atoms with Crippen LogP contribution in [0.1, 0.15) is 19.3 Å². The minimum atomic E-state index is -3.43. The summed E-state index contributed by atoms with van der Waals surface area (Å²) in [6.45, 7) is 0. The first kappa shape index (κ1) is 12.3. The van der Waals surface area contributed by atoms with Crippen LogP contribution in [0, 0.1) is 5.92 Å². The number of halogens is 1. The van der Waals surface area contributed by atoms with Crippen molar-refractivity contribution in [1.29, 1.82) is 0 Å². The average Bonchev–Trinajstić information content (AvgIpc) is 2.01. The van der Waals surface area contributed by atoms with Gasteiger partial charge in [0.2, 0.25) is 9.05 Å². The third-order valence-electron chi connectivity index (χ3n) is 2.44. The van der Waals surface area contributed by atoms with Crippen LogP contribution in [0.4, 0.5) is 0 Å². The molecule has 0 aromatic rings. The largest absolute Gasteiger partial charge is 0.232 e. The maximum atomic E-state index is 11.1. The van der Waals surface area contributed by atoms with Gasteiger partial charge in [-0.1, -0.05) is 0 Å². The molecule has 1 fully saturated rings. The van der Waals surface area contributed by atoms with Crippen molar-refractivity contribution in [3.8, 4) is 0 Å². The second-order valence-electron chi connectivity index (χ2n) is 3.63. The first-order valence-electron chi connectivity index (χ1n) is 4.41. The molecule has 0 atom stereocenters. The van der Waals surface area contributed by atoms with Crippen molar-refractivity contribution in [3.63, 3.8) is 0 Å². The molecule has 0 radical (unpaired) electrons. The average molecular weight is 261 g/mol. The first-order chi connectivity index (χ1) is 6.29. The summed E-state index contributed by atoms with van der Waals surface area (Å²) in [4.78, 5) is 0. The molecule has 0 aromatic carbocycles. The zero-order chi connectivity index (χ0) is 10.8. The van der Waals surface area contributed by atoms with Crippen LogP contribution in [0.25, 0.3) is 0 Å². The van der Waals surface area contributed by atoms with Gasteiger partial charge in [-0.15, -0.1) is 0 Å². The number of sulfone groups is 1. The highest BCUT2D eigenvalue weighted by molar-refractivity contribution is 8.13. The van der Waals surface area contributed by atoms with E-state index in [4.69, 9.17) is 10.7 Å². The molecule has 0 unspecified atom stereocenters. The molecule has 1 aliphatic heterocycles. The van der Waals surface area contributed by atoms with Gasteiger partial charge in [0.15, 0.2) is 0 Å². The second-order valence-corrected chi connectivity index (χ2v) is 8.83. The highest BCUT2D eigenvalue weighted by atomic mass is 35.7. The number of rotatable bonds is 3. The summed E-state index contributed by atoms with van der Waals surface area (Å²) >= 11 is 0. The lowest BCUT2D eigenvalue weighted by molar-refractivity contribution is 0.452. The van der Waals surface area contributed by atoms with E-state index in [1.54, 1.807) is 0 Å². The van der Waals surface area contributed by atoms with Crippen molar-refractivity contribution in [1.82, 2.24) is 0 Å². The van der Waals surface area contributed by atoms with Gasteiger partial charge in [0, 0.05) is 10.7 Å². The highest BCUT2D eigenvalue weighted by Gasteiger charge is 2.24. The summed E-state index contributed by atoms with van der Waals surface area (Å²) in [5, 5.41) is 0. The Hall–Kier alpha value is 0.190. The van der Waals surface area contributed by atoms with Crippen molar-refractivity contribution in [2.75, 3.05) is 17.3 Å². The second kappa shape index (κ2) is 4.37. The molecular weight excluding hydrogens is 248 g/mol. The Morgan fingerprint density at radius 3 is 2.14 bits per heavy atom. The van der Waals surface area contributed by atoms with Crippen LogP contribution in [0.5, 0.6) is 0 Å². The molecule has 4 nitrogen and oxygen atoms in total. The van der Waals surface area contributed by atoms with Crippen LogP contribution in [-0.4, -0.2) is 34.1 Å². The van der Waals surface area contributed by atoms with E-state index in [1.807, 2.05) is 0 Å². The van der Waals surface area contributed by atoms with Crippen LogP contribution in [0.15, 0.2) is 0 Å². The topological polar surface area (TPSA) is 68.3 Å². The molecule has 84 valence electrons. The van der Waals surface area contributed by atoms with Gasteiger partial charge in [-0.25, -0.2) is 16.8 Å². The SMILES string of the molecule is O=S(=O)(Cl)CCC1CCS(=O)(=O)CC1. The first-order valence-corrected chi connectivity index (χ1v) is 8.71. The van der Waals surface area contributed by atoms with Gasteiger partial charge in [0.05, 0.1) is 17.3 Å². The Bertz CT molecular complexity index is 370. The molecule has 1 aliphatic rings. The smallest absolute Gasteiger partial charge is 0.229 e. The maximum absolute atomic E-state index is 11.1. The fraction of sp³-hybridized carbons (Fsp3) is 1.00. The van der Waals surface area contributed by atoms with Crippen molar-refractivity contribution in [3.05, 3.63) is 0 Å². The van der Waals surface area contributed by atoms with Crippen LogP contribution in [0.2, 0.25) is 0 Å². The Morgan fingerprint density at radius 1 is 1.21 bits per heavy atom. The normalized spacial score (nSPS) is 23.5. The van der Waals surface area contributed by atoms with Gasteiger partial charge in [0.25, 0.3) is 0 Å². The predicted molar refractivity (Wildman–Crippen MR) is 55.6 cm³/mol. The molecule has 1 saturated heterocycles. The summed E-state index contributed by atoms with van der Waals surface area (Å²) in [5.74, 6) is 0.492. The quantitative estimate of drug-likeness (QED) is 0.703. The highest BCUT2D eigenvalue weighted by Crippen LogP contribution is 2.22. The number of hydrogen-bond donors (Lipinski definition) is 0. The zero-order valence-corrected chi connectivity index (χ0v) is 10.0. The summed E-state index contributed by atoms with van der Waals surface area (Å²) in [6, 6.07) is 0. The van der Waals surface area contributed by atoms with Gasteiger partial charge < -0.3 is 0 Å². The summed E-state index contributed by atoms with van der Waals surface area (Å²) in [7, 11) is -1.22. The van der Waals surface area contributed by atoms with E-state index >= 15 is 0 Å². The fourth-order valence-corrected chi connectivity index (χ4v) is 4.01. The van der Waals surface area contributed by atoms with Crippen LogP contribution in [0.3, 0.4) is 0 Å². The lowest BCUT2D eigenvalue weighted by Crippen LogP contribution is -2.24. The summed E-state index contributed by atoms with van der Waals surface area (Å²) in [6.07, 6.45) is 1.60. The van der Waals surface area contributed by atoms with Crippen LogP contribution < -0.4 is 0 Å². The monoisotopic (exact) mass is 260 g/mol. The Kier molecular flexibility index (Phi) is 3.82. The lowest BCUT2D eigenvalue weighted by Gasteiger charge is -2.20. The molecule has 0 bridgehead atoms. The van der Waals surface area contributed by atoms with E-state index in [2.05, 4.69) is 0 Å². The van der Waals surface area contributed by atoms with Gasteiger partial charge in [0.1, 0.15) is 9.84 Å². The van der Waals surface area contributed by atoms with Crippen molar-refractivity contribution < 1.29 is 16.8 Å². The Balaban J connectivity index is 2.37. The summed E-state index contributed by atoms with van der Waals surface area (Å²) < 4.78 is 43.4. The van der Waals surface area contributed by atoms with E-state index in [-0.39, 0.29) is 23.2 Å². The maximum Gasteiger partial charge on any atom is 0.232 e. The molecule has 0 saturated carbocycles. The Morgan fingerprint density at radius 2 is 1.71 bits per heavy atom. The van der Waals surface area contributed by atoms with Gasteiger partial charge in [-0.3, -0.25) is 0 Å². The van der Waals surface area contributed by atoms with Gasteiger partial charge >= 0.3 is 0 Å². The molecular formula is C7H13ClO4S2. The molecule has 0 aliphatic carbocycles. The fourth-order valence-electron chi connectivity index (χ4n) is 1.53. The van der Waals surface area contributed by atoms with E-state index < -0.39 is 18.9 Å². The van der Waals surface area contributed by atoms with Crippen molar-refractivity contribution in [2.24, 2.45) is 5.92 Å². The molecule has 0 spiro atoms. The third kappa shape index (κ3) is 4.61. The van der Waals surface area contributed by atoms with E-state index in [9.17, 15) is 16.8 Å². The molecule has 0 amide bonds. The minimum Gasteiger partial charge on any atom is -0.229 e. The van der Waals surface area contributed by atoms with E-state index in [1.165, 1.54) is 0 Å². The summed E-state index contributed by atoms with van der Waals surface area (Å²) in [5.41, 5.74) is 0. The van der Waals surface area contributed by atoms with Crippen molar-refractivity contribution >= 4 is 29.6 Å². The van der Waals surface area contributed by atoms with E-state index in [0.717, 1.165) is 0 Å². The molecule has 0 N–H and O–H groups in total. The van der Waals surface area contributed by atoms with Crippen LogP contribution in [-0.2, 0) is 18.9 Å². The Labute approximate surface area is 89.0 Å². The predicted octanol–water partition coefficient (Wildman–Crippen LogP) is 0.770. The van der Waals surface area contributed by atoms with Crippen LogP contribution >= 0.6 is 10.7 Å². The number of hydrogen-bond acceptors (Lipinski definition) is 4. The molecule has 1 heterocycles. The molecule has 0 aromatic heterocycles. The van der Waals surface area contributed by atoms with E-state index in [0.29, 0.717) is 19.3 Å². The third-order valence-corrected chi connectivity index (χ3v) is 5.35. The zero-order valence-electron chi connectivity index (χ0n) is 7.65. The molecule has 7 heteroatoms. The van der Waals surface area contributed by atoms with Gasteiger partial charge in [-0.05, 0) is 25.2 Å². The molecule has 1 rings (SSSR count). The standard InChI is InChI=1S/C7H13ClO4S2/c8-14(11,12)6-3-7-1-4-13(9,10)5-2-7/h7H,1-6H2. The van der Waals surface area contributed by atoms with Crippen molar-refractivity contribution in [2.45, 2.75) is 19.3 Å². The minimum absolute atomic E-state index is 0.0563. The lowest BCUT2D eigenvalue weighted by atomic mass is 10.0. The van der Waals surface area contributed by atoms with Gasteiger partial charge in [-0.2, -0.15) is 0 Å².